The van der Waals surface area contributed by atoms with Crippen LogP contribution in [0.4, 0.5) is 4.39 Å². The van der Waals surface area contributed by atoms with Crippen LogP contribution in [0.3, 0.4) is 0 Å². The summed E-state index contributed by atoms with van der Waals surface area (Å²) in [4.78, 5) is 16.5. The van der Waals surface area contributed by atoms with Crippen LogP contribution in [-0.2, 0) is 22.4 Å². The van der Waals surface area contributed by atoms with Gasteiger partial charge in [0.15, 0.2) is 0 Å². The largest absolute Gasteiger partial charge is 0.460 e. The predicted octanol–water partition coefficient (Wildman–Crippen LogP) is 6.47. The zero-order chi connectivity index (χ0) is 24.5. The molecule has 2 heterocycles. The normalized spacial score (nSPS) is 12.8. The van der Waals surface area contributed by atoms with Crippen LogP contribution in [0.15, 0.2) is 40.8 Å². The number of esters is 1. The SMILES string of the molecule is CCC(C)c1ccc(-c2ccc3nc(Cc4nnc(CC(=O)OC(C)(C)C)o4)sc3c2F)cc1. The summed E-state index contributed by atoms with van der Waals surface area (Å²) in [6, 6.07) is 11.7. The molecule has 8 heteroatoms. The summed E-state index contributed by atoms with van der Waals surface area (Å²) in [5.41, 5.74) is 2.64. The molecule has 1 atom stereocenters. The second kappa shape index (κ2) is 9.62. The lowest BCUT2D eigenvalue weighted by molar-refractivity contribution is -0.154. The molecule has 34 heavy (non-hydrogen) atoms. The van der Waals surface area contributed by atoms with Crippen LogP contribution < -0.4 is 0 Å². The number of benzene rings is 2. The molecule has 2 aromatic heterocycles. The summed E-state index contributed by atoms with van der Waals surface area (Å²) < 4.78 is 26.7. The first-order valence-electron chi connectivity index (χ1n) is 11.3. The molecule has 0 amide bonds. The number of rotatable bonds is 7. The van der Waals surface area contributed by atoms with E-state index in [0.717, 1.165) is 12.0 Å². The molecule has 0 saturated heterocycles. The Balaban J connectivity index is 1.51. The smallest absolute Gasteiger partial charge is 0.315 e. The maximum absolute atomic E-state index is 15.4. The first kappa shape index (κ1) is 24.0. The third-order valence-corrected chi connectivity index (χ3v) is 6.53. The molecule has 0 aliphatic rings. The van der Waals surface area contributed by atoms with Gasteiger partial charge in [-0.1, -0.05) is 38.1 Å². The zero-order valence-corrected chi connectivity index (χ0v) is 20.8. The first-order chi connectivity index (χ1) is 16.1. The van der Waals surface area contributed by atoms with E-state index in [2.05, 4.69) is 41.2 Å². The van der Waals surface area contributed by atoms with Gasteiger partial charge in [-0.05, 0) is 56.4 Å². The standard InChI is InChI=1S/C26H28FN3O3S/c1-6-15(2)16-7-9-17(10-8-16)18-11-12-19-25(24(18)27)34-22(28-19)13-20-29-30-21(32-20)14-23(31)33-26(3,4)5/h7-12,15H,6,13-14H2,1-5H3. The van der Waals surface area contributed by atoms with E-state index >= 15 is 4.39 Å². The van der Waals surface area contributed by atoms with Crippen LogP contribution in [0, 0.1) is 5.82 Å². The Hall–Kier alpha value is -3.13. The number of thiazole rings is 1. The summed E-state index contributed by atoms with van der Waals surface area (Å²) in [6.07, 6.45) is 1.23. The van der Waals surface area contributed by atoms with E-state index < -0.39 is 11.6 Å². The van der Waals surface area contributed by atoms with Crippen molar-refractivity contribution >= 4 is 27.5 Å². The number of halogens is 1. The van der Waals surface area contributed by atoms with E-state index in [4.69, 9.17) is 9.15 Å². The Morgan fingerprint density at radius 3 is 2.50 bits per heavy atom. The fraction of sp³-hybridized carbons (Fsp3) is 0.385. The molecule has 0 bridgehead atoms. The van der Waals surface area contributed by atoms with Crippen LogP contribution in [0.2, 0.25) is 0 Å². The lowest BCUT2D eigenvalue weighted by Crippen LogP contribution is -2.24. The van der Waals surface area contributed by atoms with Crippen molar-refractivity contribution in [3.05, 3.63) is 64.6 Å². The fourth-order valence-corrected chi connectivity index (χ4v) is 4.59. The van der Waals surface area contributed by atoms with Gasteiger partial charge in [0.2, 0.25) is 11.8 Å². The highest BCUT2D eigenvalue weighted by molar-refractivity contribution is 7.18. The maximum atomic E-state index is 15.4. The second-order valence-corrected chi connectivity index (χ2v) is 10.4. The molecule has 0 aliphatic carbocycles. The summed E-state index contributed by atoms with van der Waals surface area (Å²) in [7, 11) is 0. The summed E-state index contributed by atoms with van der Waals surface area (Å²) in [5, 5.41) is 8.57. The van der Waals surface area contributed by atoms with Crippen molar-refractivity contribution in [2.45, 2.75) is 65.4 Å². The van der Waals surface area contributed by atoms with Gasteiger partial charge in [-0.15, -0.1) is 21.5 Å². The van der Waals surface area contributed by atoms with Crippen LogP contribution >= 0.6 is 11.3 Å². The average molecular weight is 482 g/mol. The lowest BCUT2D eigenvalue weighted by atomic mass is 9.96. The molecule has 0 fully saturated rings. The maximum Gasteiger partial charge on any atom is 0.315 e. The Morgan fingerprint density at radius 1 is 1.12 bits per heavy atom. The molecule has 178 valence electrons. The van der Waals surface area contributed by atoms with Crippen molar-refractivity contribution in [1.82, 2.24) is 15.2 Å². The summed E-state index contributed by atoms with van der Waals surface area (Å²) in [5.74, 6) is 0.251. The van der Waals surface area contributed by atoms with E-state index in [1.807, 2.05) is 18.2 Å². The molecule has 0 radical (unpaired) electrons. The highest BCUT2D eigenvalue weighted by Crippen LogP contribution is 2.34. The molecular formula is C26H28FN3O3S. The number of carbonyl (C=O) groups is 1. The van der Waals surface area contributed by atoms with Crippen molar-refractivity contribution in [3.63, 3.8) is 0 Å². The van der Waals surface area contributed by atoms with Gasteiger partial charge in [0.1, 0.15) is 22.8 Å². The first-order valence-corrected chi connectivity index (χ1v) is 12.2. The second-order valence-electron chi connectivity index (χ2n) is 9.34. The molecule has 2 aromatic carbocycles. The van der Waals surface area contributed by atoms with Gasteiger partial charge < -0.3 is 9.15 Å². The minimum Gasteiger partial charge on any atom is -0.460 e. The van der Waals surface area contributed by atoms with E-state index in [9.17, 15) is 4.79 Å². The third kappa shape index (κ3) is 5.50. The van der Waals surface area contributed by atoms with E-state index in [1.165, 1.54) is 16.9 Å². The fourth-order valence-electron chi connectivity index (χ4n) is 3.59. The quantitative estimate of drug-likeness (QED) is 0.281. The molecule has 0 N–H and O–H groups in total. The highest BCUT2D eigenvalue weighted by Gasteiger charge is 2.20. The third-order valence-electron chi connectivity index (χ3n) is 5.47. The number of nitrogens with zero attached hydrogens (tertiary/aromatic N) is 3. The van der Waals surface area contributed by atoms with E-state index in [1.54, 1.807) is 26.8 Å². The Morgan fingerprint density at radius 2 is 1.82 bits per heavy atom. The van der Waals surface area contributed by atoms with E-state index in [-0.39, 0.29) is 24.5 Å². The number of carbonyl (C=O) groups excluding carboxylic acids is 1. The number of aromatic nitrogens is 3. The van der Waals surface area contributed by atoms with Gasteiger partial charge in [0.05, 0.1) is 16.6 Å². The molecule has 4 rings (SSSR count). The molecule has 1 unspecified atom stereocenters. The lowest BCUT2D eigenvalue weighted by Gasteiger charge is -2.18. The van der Waals surface area contributed by atoms with Crippen LogP contribution in [-0.4, -0.2) is 26.8 Å². The number of fused-ring (bicyclic) bond motifs is 1. The molecule has 0 saturated carbocycles. The van der Waals surface area contributed by atoms with Gasteiger partial charge in [0, 0.05) is 5.56 Å². The topological polar surface area (TPSA) is 78.1 Å². The van der Waals surface area contributed by atoms with Crippen molar-refractivity contribution in [2.24, 2.45) is 0 Å². The van der Waals surface area contributed by atoms with Crippen molar-refractivity contribution in [3.8, 4) is 11.1 Å². The Bertz CT molecular complexity index is 1310. The van der Waals surface area contributed by atoms with E-state index in [0.29, 0.717) is 32.6 Å². The molecule has 6 nitrogen and oxygen atoms in total. The van der Waals surface area contributed by atoms with Gasteiger partial charge >= 0.3 is 5.97 Å². The van der Waals surface area contributed by atoms with Crippen molar-refractivity contribution < 1.29 is 18.3 Å². The van der Waals surface area contributed by atoms with Crippen molar-refractivity contribution in [1.29, 1.82) is 0 Å². The van der Waals surface area contributed by atoms with Gasteiger partial charge in [0.25, 0.3) is 0 Å². The summed E-state index contributed by atoms with van der Waals surface area (Å²) >= 11 is 1.26. The predicted molar refractivity (Wildman–Crippen MR) is 130 cm³/mol. The highest BCUT2D eigenvalue weighted by atomic mass is 32.1. The molecule has 0 aliphatic heterocycles. The number of hydrogen-bond acceptors (Lipinski definition) is 7. The van der Waals surface area contributed by atoms with Gasteiger partial charge in [-0.3, -0.25) is 4.79 Å². The van der Waals surface area contributed by atoms with Crippen LogP contribution in [0.1, 0.15) is 69.3 Å². The Labute approximate surface area is 202 Å². The number of ether oxygens (including phenoxy) is 1. The Kier molecular flexibility index (Phi) is 6.79. The number of hydrogen-bond donors (Lipinski definition) is 0. The average Bonchev–Trinajstić information content (AvgIpc) is 3.39. The minimum absolute atomic E-state index is 0.0993. The van der Waals surface area contributed by atoms with Gasteiger partial charge in [-0.25, -0.2) is 9.37 Å². The molecular weight excluding hydrogens is 453 g/mol. The zero-order valence-electron chi connectivity index (χ0n) is 20.0. The summed E-state index contributed by atoms with van der Waals surface area (Å²) in [6.45, 7) is 9.73. The van der Waals surface area contributed by atoms with Crippen LogP contribution in [0.25, 0.3) is 21.3 Å². The monoisotopic (exact) mass is 481 g/mol. The molecule has 0 spiro atoms. The van der Waals surface area contributed by atoms with Crippen LogP contribution in [0.5, 0.6) is 0 Å². The van der Waals surface area contributed by atoms with Crippen molar-refractivity contribution in [2.75, 3.05) is 0 Å². The minimum atomic E-state index is -0.584. The van der Waals surface area contributed by atoms with Gasteiger partial charge in [-0.2, -0.15) is 0 Å². The molecule has 4 aromatic rings.